The molecule has 1 N–H and O–H groups in total. The van der Waals surface area contributed by atoms with Crippen LogP contribution in [-0.4, -0.2) is 74.2 Å². The van der Waals surface area contributed by atoms with Gasteiger partial charge < -0.3 is 15.0 Å². The Kier molecular flexibility index (Phi) is 6.93. The van der Waals surface area contributed by atoms with Crippen molar-refractivity contribution in [3.8, 4) is 0 Å². The predicted octanol–water partition coefficient (Wildman–Crippen LogP) is 0.945. The molecule has 2 fully saturated rings. The summed E-state index contributed by atoms with van der Waals surface area (Å²) in [5.74, 6) is 0.957. The van der Waals surface area contributed by atoms with Crippen molar-refractivity contribution >= 4 is 5.91 Å². The van der Waals surface area contributed by atoms with E-state index in [1.165, 1.54) is 0 Å². The van der Waals surface area contributed by atoms with Gasteiger partial charge in [0.25, 0.3) is 0 Å². The maximum absolute atomic E-state index is 12.2. The van der Waals surface area contributed by atoms with Crippen molar-refractivity contribution in [2.75, 3.05) is 52.4 Å². The summed E-state index contributed by atoms with van der Waals surface area (Å²) in [5.41, 5.74) is 0. The fourth-order valence-electron chi connectivity index (χ4n) is 3.13. The first-order chi connectivity index (χ1) is 10.1. The first-order valence-corrected chi connectivity index (χ1v) is 8.47. The largest absolute Gasteiger partial charge is 0.378 e. The molecule has 0 spiro atoms. The van der Waals surface area contributed by atoms with Crippen LogP contribution in [0, 0.1) is 5.92 Å². The van der Waals surface area contributed by atoms with Crippen molar-refractivity contribution in [2.45, 2.75) is 39.2 Å². The summed E-state index contributed by atoms with van der Waals surface area (Å²) in [6.07, 6.45) is 3.03. The highest BCUT2D eigenvalue weighted by Gasteiger charge is 2.21. The van der Waals surface area contributed by atoms with Crippen LogP contribution in [0.3, 0.4) is 0 Å². The average molecular weight is 297 g/mol. The molecule has 1 amide bonds. The van der Waals surface area contributed by atoms with E-state index in [1.807, 2.05) is 4.90 Å². The molecule has 2 saturated heterocycles. The Morgan fingerprint density at radius 1 is 1.19 bits per heavy atom. The monoisotopic (exact) mass is 297 g/mol. The summed E-state index contributed by atoms with van der Waals surface area (Å²) in [6.45, 7) is 12.1. The predicted molar refractivity (Wildman–Crippen MR) is 84.3 cm³/mol. The maximum atomic E-state index is 12.2. The van der Waals surface area contributed by atoms with Gasteiger partial charge in [-0.05, 0) is 31.8 Å². The number of amides is 1. The second kappa shape index (κ2) is 8.71. The summed E-state index contributed by atoms with van der Waals surface area (Å²) in [7, 11) is 0. The van der Waals surface area contributed by atoms with E-state index in [0.29, 0.717) is 25.0 Å². The van der Waals surface area contributed by atoms with Crippen LogP contribution in [0.5, 0.6) is 0 Å². The number of carbonyl (C=O) groups excluding carboxylic acids is 1. The zero-order valence-corrected chi connectivity index (χ0v) is 13.6. The second-order valence-corrected chi connectivity index (χ2v) is 6.65. The van der Waals surface area contributed by atoms with E-state index in [1.54, 1.807) is 0 Å². The van der Waals surface area contributed by atoms with Crippen LogP contribution in [0.4, 0.5) is 0 Å². The third kappa shape index (κ3) is 5.93. The van der Waals surface area contributed by atoms with Crippen LogP contribution in [0.2, 0.25) is 0 Å². The Labute approximate surface area is 129 Å². The highest BCUT2D eigenvalue weighted by atomic mass is 16.5. The van der Waals surface area contributed by atoms with E-state index in [-0.39, 0.29) is 5.91 Å². The van der Waals surface area contributed by atoms with Crippen LogP contribution in [0.25, 0.3) is 0 Å². The highest BCUT2D eigenvalue weighted by molar-refractivity contribution is 5.76. The van der Waals surface area contributed by atoms with Gasteiger partial charge >= 0.3 is 0 Å². The lowest BCUT2D eigenvalue weighted by atomic mass is 10.1. The fraction of sp³-hybridized carbons (Fsp3) is 0.938. The molecule has 0 radical (unpaired) electrons. The number of carbonyl (C=O) groups is 1. The Hall–Kier alpha value is -0.650. The molecule has 0 aromatic heterocycles. The van der Waals surface area contributed by atoms with Crippen LogP contribution in [0.1, 0.15) is 33.1 Å². The zero-order chi connectivity index (χ0) is 15.1. The minimum absolute atomic E-state index is 0.258. The summed E-state index contributed by atoms with van der Waals surface area (Å²) in [4.78, 5) is 16.6. The Bertz CT molecular complexity index is 309. The van der Waals surface area contributed by atoms with Gasteiger partial charge in [0, 0.05) is 32.7 Å². The van der Waals surface area contributed by atoms with Gasteiger partial charge in [0.1, 0.15) is 0 Å². The molecule has 0 aliphatic carbocycles. The third-order valence-electron chi connectivity index (χ3n) is 4.30. The minimum atomic E-state index is 0.258. The van der Waals surface area contributed by atoms with Gasteiger partial charge in [-0.1, -0.05) is 13.8 Å². The Morgan fingerprint density at radius 3 is 2.48 bits per heavy atom. The summed E-state index contributed by atoms with van der Waals surface area (Å²) in [5, 5.41) is 3.32. The van der Waals surface area contributed by atoms with Gasteiger partial charge in [-0.15, -0.1) is 0 Å². The number of piperidine rings is 1. The number of nitrogens with zero attached hydrogens (tertiary/aromatic N) is 2. The van der Waals surface area contributed by atoms with Crippen LogP contribution < -0.4 is 5.32 Å². The number of hydrogen-bond acceptors (Lipinski definition) is 4. The number of nitrogens with one attached hydrogen (secondary N) is 1. The summed E-state index contributed by atoms with van der Waals surface area (Å²) >= 11 is 0. The second-order valence-electron chi connectivity index (χ2n) is 6.65. The minimum Gasteiger partial charge on any atom is -0.378 e. The maximum Gasteiger partial charge on any atom is 0.224 e. The molecule has 0 atom stereocenters. The van der Waals surface area contributed by atoms with Crippen molar-refractivity contribution in [3.63, 3.8) is 0 Å². The standard InChI is InChI=1S/C16H31N3O2/c1-14(2)13-18-8-10-19(11-9-18)16(20)5-12-21-15-3-6-17-7-4-15/h14-15,17H,3-13H2,1-2H3. The van der Waals surface area contributed by atoms with Gasteiger partial charge in [-0.3, -0.25) is 9.69 Å². The molecule has 0 saturated carbocycles. The number of rotatable bonds is 6. The molecule has 0 unspecified atom stereocenters. The number of piperazine rings is 1. The Balaban J connectivity index is 1.58. The lowest BCUT2D eigenvalue weighted by Crippen LogP contribution is -2.49. The van der Waals surface area contributed by atoms with Gasteiger partial charge in [0.15, 0.2) is 0 Å². The molecule has 5 heteroatoms. The van der Waals surface area contributed by atoms with Crippen molar-refractivity contribution in [2.24, 2.45) is 5.92 Å². The highest BCUT2D eigenvalue weighted by Crippen LogP contribution is 2.09. The third-order valence-corrected chi connectivity index (χ3v) is 4.30. The van der Waals surface area contributed by atoms with E-state index in [4.69, 9.17) is 4.74 Å². The Morgan fingerprint density at radius 2 is 1.86 bits per heavy atom. The molecule has 2 aliphatic rings. The van der Waals surface area contributed by atoms with Crippen LogP contribution in [0.15, 0.2) is 0 Å². The lowest BCUT2D eigenvalue weighted by Gasteiger charge is -2.35. The van der Waals surface area contributed by atoms with Crippen molar-refractivity contribution < 1.29 is 9.53 Å². The molecular weight excluding hydrogens is 266 g/mol. The zero-order valence-electron chi connectivity index (χ0n) is 13.6. The van der Waals surface area contributed by atoms with Gasteiger partial charge in [0.2, 0.25) is 5.91 Å². The summed E-state index contributed by atoms with van der Waals surface area (Å²) in [6, 6.07) is 0. The van der Waals surface area contributed by atoms with Gasteiger partial charge in [-0.2, -0.15) is 0 Å². The van der Waals surface area contributed by atoms with Gasteiger partial charge in [0.05, 0.1) is 19.1 Å². The fourth-order valence-corrected chi connectivity index (χ4v) is 3.13. The first-order valence-electron chi connectivity index (χ1n) is 8.47. The average Bonchev–Trinajstić information content (AvgIpc) is 2.48. The quantitative estimate of drug-likeness (QED) is 0.793. The van der Waals surface area contributed by atoms with E-state index in [2.05, 4.69) is 24.1 Å². The molecule has 5 nitrogen and oxygen atoms in total. The normalized spacial score (nSPS) is 22.0. The molecule has 0 aromatic rings. The molecule has 21 heavy (non-hydrogen) atoms. The smallest absolute Gasteiger partial charge is 0.224 e. The molecule has 0 bridgehead atoms. The first kappa shape index (κ1) is 16.7. The van der Waals surface area contributed by atoms with Crippen molar-refractivity contribution in [1.29, 1.82) is 0 Å². The molecule has 2 rings (SSSR count). The van der Waals surface area contributed by atoms with E-state index >= 15 is 0 Å². The molecule has 122 valence electrons. The lowest BCUT2D eigenvalue weighted by molar-refractivity contribution is -0.134. The van der Waals surface area contributed by atoms with Crippen LogP contribution in [-0.2, 0) is 9.53 Å². The topological polar surface area (TPSA) is 44.8 Å². The van der Waals surface area contributed by atoms with Crippen molar-refractivity contribution in [3.05, 3.63) is 0 Å². The molecular formula is C16H31N3O2. The number of hydrogen-bond donors (Lipinski definition) is 1. The van der Waals surface area contributed by atoms with Gasteiger partial charge in [-0.25, -0.2) is 0 Å². The van der Waals surface area contributed by atoms with E-state index < -0.39 is 0 Å². The summed E-state index contributed by atoms with van der Waals surface area (Å²) < 4.78 is 5.82. The molecule has 2 aliphatic heterocycles. The van der Waals surface area contributed by atoms with Crippen LogP contribution >= 0.6 is 0 Å². The molecule has 0 aromatic carbocycles. The SMILES string of the molecule is CC(C)CN1CCN(C(=O)CCOC2CCNCC2)CC1. The van der Waals surface area contributed by atoms with E-state index in [0.717, 1.165) is 58.7 Å². The van der Waals surface area contributed by atoms with Crippen molar-refractivity contribution in [1.82, 2.24) is 15.1 Å². The molecule has 2 heterocycles. The number of ether oxygens (including phenoxy) is 1. The van der Waals surface area contributed by atoms with E-state index in [9.17, 15) is 4.79 Å².